The molecular formula is C18H20N4O4. The van der Waals surface area contributed by atoms with Crippen LogP contribution in [0.2, 0.25) is 0 Å². The maximum atomic E-state index is 12.8. The Balaban J connectivity index is 1.72. The van der Waals surface area contributed by atoms with Gasteiger partial charge >= 0.3 is 6.03 Å². The lowest BCUT2D eigenvalue weighted by Gasteiger charge is -2.25. The molecule has 136 valence electrons. The Hall–Kier alpha value is -3.00. The highest BCUT2D eigenvalue weighted by molar-refractivity contribution is 5.89. The summed E-state index contributed by atoms with van der Waals surface area (Å²) in [5, 5.41) is 13.6. The molecule has 1 aromatic heterocycles. The maximum Gasteiger partial charge on any atom is 0.322 e. The van der Waals surface area contributed by atoms with E-state index in [4.69, 9.17) is 4.74 Å². The minimum atomic E-state index is -0.491. The Morgan fingerprint density at radius 1 is 1.38 bits per heavy atom. The van der Waals surface area contributed by atoms with Gasteiger partial charge in [-0.25, -0.2) is 4.79 Å². The van der Waals surface area contributed by atoms with Gasteiger partial charge in [-0.2, -0.15) is 0 Å². The van der Waals surface area contributed by atoms with Gasteiger partial charge < -0.3 is 15.0 Å². The number of urea groups is 1. The molecule has 0 bridgehead atoms. The lowest BCUT2D eigenvalue weighted by Crippen LogP contribution is -2.39. The predicted octanol–water partition coefficient (Wildman–Crippen LogP) is 3.20. The van der Waals surface area contributed by atoms with Crippen LogP contribution in [0.1, 0.15) is 18.4 Å². The third-order valence-electron chi connectivity index (χ3n) is 4.14. The zero-order valence-corrected chi connectivity index (χ0v) is 14.2. The molecule has 0 saturated carbocycles. The first-order valence-electron chi connectivity index (χ1n) is 8.43. The third-order valence-corrected chi connectivity index (χ3v) is 4.14. The van der Waals surface area contributed by atoms with Gasteiger partial charge in [0.2, 0.25) is 0 Å². The number of rotatable bonds is 6. The largest absolute Gasteiger partial charge is 0.376 e. The molecule has 3 rings (SSSR count). The van der Waals surface area contributed by atoms with Crippen LogP contribution in [-0.2, 0) is 11.3 Å². The van der Waals surface area contributed by atoms with Crippen molar-refractivity contribution >= 4 is 17.4 Å². The van der Waals surface area contributed by atoms with E-state index < -0.39 is 4.92 Å². The zero-order chi connectivity index (χ0) is 18.4. The van der Waals surface area contributed by atoms with Crippen molar-refractivity contribution in [3.63, 3.8) is 0 Å². The Morgan fingerprint density at radius 3 is 2.96 bits per heavy atom. The molecule has 26 heavy (non-hydrogen) atoms. The molecule has 2 amide bonds. The second-order valence-electron chi connectivity index (χ2n) is 6.11. The lowest BCUT2D eigenvalue weighted by molar-refractivity contribution is -0.384. The van der Waals surface area contributed by atoms with Gasteiger partial charge in [-0.3, -0.25) is 15.1 Å². The molecule has 1 atom stereocenters. The van der Waals surface area contributed by atoms with Crippen molar-refractivity contribution in [2.24, 2.45) is 0 Å². The number of anilines is 1. The number of pyridine rings is 1. The summed E-state index contributed by atoms with van der Waals surface area (Å²) in [6, 6.07) is 9.28. The fourth-order valence-electron chi connectivity index (χ4n) is 2.87. The number of amides is 2. The number of aromatic nitrogens is 1. The maximum absolute atomic E-state index is 12.8. The lowest BCUT2D eigenvalue weighted by atomic mass is 10.2. The monoisotopic (exact) mass is 356 g/mol. The summed E-state index contributed by atoms with van der Waals surface area (Å²) in [6.45, 7) is 1.54. The van der Waals surface area contributed by atoms with Crippen LogP contribution in [-0.4, -0.2) is 40.1 Å². The van der Waals surface area contributed by atoms with Crippen molar-refractivity contribution in [3.8, 4) is 0 Å². The van der Waals surface area contributed by atoms with Gasteiger partial charge in [-0.1, -0.05) is 12.1 Å². The summed E-state index contributed by atoms with van der Waals surface area (Å²) >= 11 is 0. The quantitative estimate of drug-likeness (QED) is 0.633. The van der Waals surface area contributed by atoms with Gasteiger partial charge in [0.05, 0.1) is 11.0 Å². The van der Waals surface area contributed by atoms with E-state index in [0.717, 1.165) is 18.4 Å². The normalized spacial score (nSPS) is 16.2. The van der Waals surface area contributed by atoms with Crippen LogP contribution < -0.4 is 5.32 Å². The topological polar surface area (TPSA) is 97.6 Å². The summed E-state index contributed by atoms with van der Waals surface area (Å²) < 4.78 is 5.65. The summed E-state index contributed by atoms with van der Waals surface area (Å²) in [6.07, 6.45) is 5.29. The van der Waals surface area contributed by atoms with E-state index in [1.54, 1.807) is 29.4 Å². The smallest absolute Gasteiger partial charge is 0.322 e. The molecule has 8 nitrogen and oxygen atoms in total. The van der Waals surface area contributed by atoms with Gasteiger partial charge in [0.1, 0.15) is 0 Å². The minimum Gasteiger partial charge on any atom is -0.376 e. The van der Waals surface area contributed by atoms with Gasteiger partial charge in [0.15, 0.2) is 0 Å². The Kier molecular flexibility index (Phi) is 5.75. The molecule has 1 unspecified atom stereocenters. The fourth-order valence-corrected chi connectivity index (χ4v) is 2.87. The summed E-state index contributed by atoms with van der Waals surface area (Å²) in [7, 11) is 0. The molecule has 2 heterocycles. The third kappa shape index (κ3) is 4.76. The van der Waals surface area contributed by atoms with Gasteiger partial charge in [-0.15, -0.1) is 0 Å². The Labute approximate surface area is 150 Å². The first kappa shape index (κ1) is 17.8. The predicted molar refractivity (Wildman–Crippen MR) is 95.7 cm³/mol. The van der Waals surface area contributed by atoms with Crippen LogP contribution in [0.4, 0.5) is 16.2 Å². The van der Waals surface area contributed by atoms with E-state index in [9.17, 15) is 14.9 Å². The van der Waals surface area contributed by atoms with E-state index in [1.807, 2.05) is 12.1 Å². The molecule has 1 aliphatic heterocycles. The highest BCUT2D eigenvalue weighted by Crippen LogP contribution is 2.19. The molecule has 1 aromatic carbocycles. The molecule has 1 aliphatic rings. The second kappa shape index (κ2) is 8.39. The first-order valence-corrected chi connectivity index (χ1v) is 8.43. The number of nitro benzene ring substituents is 1. The molecule has 0 radical (unpaired) electrons. The minimum absolute atomic E-state index is 0.00234. The number of ether oxygens (including phenoxy) is 1. The van der Waals surface area contributed by atoms with Gasteiger partial charge in [0.25, 0.3) is 5.69 Å². The van der Waals surface area contributed by atoms with E-state index in [0.29, 0.717) is 25.4 Å². The average molecular weight is 356 g/mol. The van der Waals surface area contributed by atoms with E-state index >= 15 is 0 Å². The van der Waals surface area contributed by atoms with E-state index in [1.165, 1.54) is 12.1 Å². The van der Waals surface area contributed by atoms with Crippen LogP contribution in [0, 0.1) is 10.1 Å². The van der Waals surface area contributed by atoms with Crippen LogP contribution >= 0.6 is 0 Å². The number of nitro groups is 1. The number of non-ortho nitro benzene ring substituents is 1. The molecule has 0 spiro atoms. The van der Waals surface area contributed by atoms with Gasteiger partial charge in [0, 0.05) is 49.9 Å². The molecule has 0 aliphatic carbocycles. The number of carbonyl (C=O) groups is 1. The van der Waals surface area contributed by atoms with Crippen molar-refractivity contribution < 1.29 is 14.5 Å². The fraction of sp³-hybridized carbons (Fsp3) is 0.333. The average Bonchev–Trinajstić information content (AvgIpc) is 3.15. The molecule has 1 saturated heterocycles. The van der Waals surface area contributed by atoms with Crippen molar-refractivity contribution in [3.05, 3.63) is 64.5 Å². The number of nitrogens with one attached hydrogen (secondary N) is 1. The summed E-state index contributed by atoms with van der Waals surface area (Å²) in [5.74, 6) is 0. The SMILES string of the molecule is O=C(Nc1cccc([N+](=O)[O-])c1)N(Cc1cccnc1)CC1CCCO1. The van der Waals surface area contributed by atoms with Crippen LogP contribution in [0.25, 0.3) is 0 Å². The summed E-state index contributed by atoms with van der Waals surface area (Å²) in [5.41, 5.74) is 1.22. The highest BCUT2D eigenvalue weighted by Gasteiger charge is 2.23. The van der Waals surface area contributed by atoms with Crippen molar-refractivity contribution in [2.75, 3.05) is 18.5 Å². The van der Waals surface area contributed by atoms with Crippen molar-refractivity contribution in [1.29, 1.82) is 0 Å². The summed E-state index contributed by atoms with van der Waals surface area (Å²) in [4.78, 5) is 28.9. The highest BCUT2D eigenvalue weighted by atomic mass is 16.6. The van der Waals surface area contributed by atoms with Crippen molar-refractivity contribution in [1.82, 2.24) is 9.88 Å². The molecule has 2 aromatic rings. The number of benzene rings is 1. The first-order chi connectivity index (χ1) is 12.6. The van der Waals surface area contributed by atoms with Crippen molar-refractivity contribution in [2.45, 2.75) is 25.5 Å². The zero-order valence-electron chi connectivity index (χ0n) is 14.2. The second-order valence-corrected chi connectivity index (χ2v) is 6.11. The number of hydrogen-bond acceptors (Lipinski definition) is 5. The number of nitrogens with zero attached hydrogens (tertiary/aromatic N) is 3. The Morgan fingerprint density at radius 2 is 2.27 bits per heavy atom. The van der Waals surface area contributed by atoms with Crippen LogP contribution in [0.3, 0.4) is 0 Å². The molecule has 1 fully saturated rings. The molecular weight excluding hydrogens is 336 g/mol. The van der Waals surface area contributed by atoms with Crippen LogP contribution in [0.15, 0.2) is 48.8 Å². The number of hydrogen-bond donors (Lipinski definition) is 1. The van der Waals surface area contributed by atoms with E-state index in [-0.39, 0.29) is 17.8 Å². The molecule has 8 heteroatoms. The van der Waals surface area contributed by atoms with Gasteiger partial charge in [-0.05, 0) is 30.5 Å². The van der Waals surface area contributed by atoms with Crippen LogP contribution in [0.5, 0.6) is 0 Å². The Bertz CT molecular complexity index is 763. The standard InChI is InChI=1S/C18H20N4O4/c23-18(20-15-5-1-6-16(10-15)22(24)25)21(13-17-7-3-9-26-17)12-14-4-2-8-19-11-14/h1-2,4-6,8,10-11,17H,3,7,9,12-13H2,(H,20,23). The van der Waals surface area contributed by atoms with E-state index in [2.05, 4.69) is 10.3 Å². The number of carbonyl (C=O) groups excluding carboxylic acids is 1. The molecule has 1 N–H and O–H groups in total.